The molecule has 0 unspecified atom stereocenters. The first-order valence-corrected chi connectivity index (χ1v) is 14.0. The molecule has 5 rings (SSSR count). The van der Waals surface area contributed by atoms with Gasteiger partial charge in [0.15, 0.2) is 12.0 Å². The molecule has 1 aliphatic carbocycles. The number of ketones is 1. The molecule has 0 amide bonds. The van der Waals surface area contributed by atoms with E-state index < -0.39 is 0 Å². The molecule has 1 saturated carbocycles. The smallest absolute Gasteiger partial charge is 0.176 e. The van der Waals surface area contributed by atoms with Crippen molar-refractivity contribution in [3.05, 3.63) is 70.5 Å². The van der Waals surface area contributed by atoms with Crippen LogP contribution in [0.5, 0.6) is 0 Å². The highest BCUT2D eigenvalue weighted by atomic mass is 16.5. The summed E-state index contributed by atoms with van der Waals surface area (Å²) in [4.78, 5) is 19.8. The Morgan fingerprint density at radius 2 is 1.87 bits per heavy atom. The van der Waals surface area contributed by atoms with Gasteiger partial charge in [-0.15, -0.1) is 0 Å². The van der Waals surface area contributed by atoms with Crippen LogP contribution < -0.4 is 10.2 Å². The molecule has 6 nitrogen and oxygen atoms in total. The molecule has 1 fully saturated rings. The lowest BCUT2D eigenvalue weighted by atomic mass is 10.0. The Kier molecular flexibility index (Phi) is 9.38. The van der Waals surface area contributed by atoms with Crippen LogP contribution in [0.15, 0.2) is 48.0 Å². The molecule has 0 bridgehead atoms. The number of hydrogen-bond donors (Lipinski definition) is 1. The largest absolute Gasteiger partial charge is 0.500 e. The van der Waals surface area contributed by atoms with Crippen LogP contribution in [0.4, 0.5) is 11.4 Å². The van der Waals surface area contributed by atoms with E-state index in [2.05, 4.69) is 64.2 Å². The van der Waals surface area contributed by atoms with Gasteiger partial charge in [-0.3, -0.25) is 9.78 Å². The molecule has 1 aromatic heterocycles. The fraction of sp³-hybridized carbons (Fsp3) is 0.469. The normalized spacial score (nSPS) is 17.6. The molecular weight excluding hydrogens is 472 g/mol. The summed E-state index contributed by atoms with van der Waals surface area (Å²) in [6.07, 6.45) is 14.7. The molecule has 0 saturated heterocycles. The van der Waals surface area contributed by atoms with Crippen molar-refractivity contribution < 1.29 is 14.1 Å². The number of Topliss-reactive ketones (excluding diaryl/α,β-unsaturated/α-hetero) is 1. The lowest BCUT2D eigenvalue weighted by molar-refractivity contribution is -0.492. The zero-order chi connectivity index (χ0) is 27.1. The number of methoxy groups -OCH3 is 1. The van der Waals surface area contributed by atoms with Gasteiger partial charge in [0, 0.05) is 24.7 Å². The first-order valence-electron chi connectivity index (χ1n) is 14.0. The Morgan fingerprint density at radius 3 is 2.58 bits per heavy atom. The van der Waals surface area contributed by atoms with Crippen LogP contribution in [-0.4, -0.2) is 49.3 Å². The van der Waals surface area contributed by atoms with Crippen molar-refractivity contribution in [1.29, 1.82) is 0 Å². The standard InChI is InChI=1S/C27H33N4O2.C5H10/c1-18-10-11-22-24(14-18)31(4)27(29-22)9-7-6-8-25(32)20-15-19(2)28-23(16-20)21-17-30(3)13-12-26(21)33-5;1-2-4-5-3-1/h9-11,14-17,29H,6-8,12-13H2,1-5H3;1-5H2/q+1;/b27-9-;. The van der Waals surface area contributed by atoms with E-state index in [1.807, 2.05) is 26.1 Å². The minimum absolute atomic E-state index is 0.149. The number of ether oxygens (including phenoxy) is 1. The van der Waals surface area contributed by atoms with Gasteiger partial charge in [-0.05, 0) is 62.6 Å². The first-order chi connectivity index (χ1) is 18.4. The Balaban J connectivity index is 0.000000603. The van der Waals surface area contributed by atoms with Crippen molar-refractivity contribution in [1.82, 2.24) is 4.98 Å². The Morgan fingerprint density at radius 1 is 1.13 bits per heavy atom. The molecule has 3 heterocycles. The van der Waals surface area contributed by atoms with Crippen molar-refractivity contribution >= 4 is 28.9 Å². The fourth-order valence-corrected chi connectivity index (χ4v) is 5.25. The summed E-state index contributed by atoms with van der Waals surface area (Å²) in [5, 5.41) is 3.47. The second-order valence-electron chi connectivity index (χ2n) is 10.7. The van der Waals surface area contributed by atoms with Gasteiger partial charge in [-0.25, -0.2) is 4.58 Å². The molecule has 0 atom stereocenters. The topological polar surface area (TPSA) is 57.5 Å². The third-order valence-corrected chi connectivity index (χ3v) is 7.47. The van der Waals surface area contributed by atoms with Gasteiger partial charge < -0.3 is 15.0 Å². The van der Waals surface area contributed by atoms with Crippen molar-refractivity contribution in [2.45, 2.75) is 71.6 Å². The number of rotatable bonds is 7. The van der Waals surface area contributed by atoms with E-state index in [9.17, 15) is 4.79 Å². The number of hydrogen-bond acceptors (Lipinski definition) is 5. The summed E-state index contributed by atoms with van der Waals surface area (Å²) in [5.74, 6) is 2.14. The van der Waals surface area contributed by atoms with E-state index >= 15 is 0 Å². The Hall–Kier alpha value is -3.41. The molecule has 0 spiro atoms. The van der Waals surface area contributed by atoms with Gasteiger partial charge in [0.25, 0.3) is 0 Å². The van der Waals surface area contributed by atoms with Crippen LogP contribution in [0.2, 0.25) is 0 Å². The second kappa shape index (κ2) is 12.9. The molecule has 2 aliphatic heterocycles. The maximum absolute atomic E-state index is 13.0. The molecule has 1 N–H and O–H groups in total. The summed E-state index contributed by atoms with van der Waals surface area (Å²) < 4.78 is 7.72. The lowest BCUT2D eigenvalue weighted by Gasteiger charge is -2.15. The number of anilines is 2. The van der Waals surface area contributed by atoms with Crippen LogP contribution in [0.1, 0.15) is 85.1 Å². The predicted octanol–water partition coefficient (Wildman–Crippen LogP) is 6.88. The maximum atomic E-state index is 13.0. The molecule has 1 aromatic carbocycles. The summed E-state index contributed by atoms with van der Waals surface area (Å²) in [5.41, 5.74) is 6.87. The zero-order valence-corrected chi connectivity index (χ0v) is 23.8. The summed E-state index contributed by atoms with van der Waals surface area (Å²) in [6.45, 7) is 4.95. The van der Waals surface area contributed by atoms with Gasteiger partial charge in [-0.2, -0.15) is 0 Å². The number of allylic oxidation sites excluding steroid dienone is 2. The van der Waals surface area contributed by atoms with E-state index in [0.29, 0.717) is 12.0 Å². The third-order valence-electron chi connectivity index (χ3n) is 7.47. The number of aromatic nitrogens is 1. The Bertz CT molecular complexity index is 1250. The van der Waals surface area contributed by atoms with Gasteiger partial charge in [-0.1, -0.05) is 38.2 Å². The Labute approximate surface area is 228 Å². The first kappa shape index (κ1) is 27.6. The van der Waals surface area contributed by atoms with E-state index in [1.54, 1.807) is 7.11 Å². The monoisotopic (exact) mass is 515 g/mol. The maximum Gasteiger partial charge on any atom is 0.176 e. The molecule has 0 radical (unpaired) electrons. The number of pyridine rings is 1. The van der Waals surface area contributed by atoms with Crippen molar-refractivity contribution in [3.63, 3.8) is 0 Å². The van der Waals surface area contributed by atoms with Gasteiger partial charge in [0.1, 0.15) is 30.7 Å². The minimum atomic E-state index is 0.149. The van der Waals surface area contributed by atoms with Gasteiger partial charge in [0.2, 0.25) is 0 Å². The van der Waals surface area contributed by atoms with E-state index in [0.717, 1.165) is 60.0 Å². The second-order valence-corrected chi connectivity index (χ2v) is 10.7. The van der Waals surface area contributed by atoms with Crippen molar-refractivity contribution in [2.75, 3.05) is 38.0 Å². The lowest BCUT2D eigenvalue weighted by Crippen LogP contribution is -2.18. The predicted molar refractivity (Wildman–Crippen MR) is 157 cm³/mol. The third kappa shape index (κ3) is 6.91. The highest BCUT2D eigenvalue weighted by molar-refractivity contribution is 6.08. The number of unbranched alkanes of at least 4 members (excludes halogenated alkanes) is 1. The van der Waals surface area contributed by atoms with Crippen molar-refractivity contribution in [3.8, 4) is 0 Å². The van der Waals surface area contributed by atoms with Gasteiger partial charge in [0.05, 0.1) is 30.6 Å². The van der Waals surface area contributed by atoms with Crippen LogP contribution in [0.3, 0.4) is 0 Å². The van der Waals surface area contributed by atoms with Crippen LogP contribution in [-0.2, 0) is 4.74 Å². The highest BCUT2D eigenvalue weighted by Gasteiger charge is 2.22. The molecular formula is C32H43N4O2+. The molecule has 6 heteroatoms. The average Bonchev–Trinajstić information content (AvgIpc) is 3.59. The average molecular weight is 516 g/mol. The molecule has 2 aromatic rings. The van der Waals surface area contributed by atoms with E-state index in [1.165, 1.54) is 43.4 Å². The number of benzene rings is 1. The number of carbonyl (C=O) groups excluding carboxylic acids is 1. The fourth-order valence-electron chi connectivity index (χ4n) is 5.25. The number of nitrogens with zero attached hydrogens (tertiary/aromatic N) is 3. The van der Waals surface area contributed by atoms with E-state index in [-0.39, 0.29) is 5.78 Å². The van der Waals surface area contributed by atoms with Crippen LogP contribution >= 0.6 is 0 Å². The molecule has 3 aliphatic rings. The number of carbonyl (C=O) groups is 1. The highest BCUT2D eigenvalue weighted by Crippen LogP contribution is 2.36. The van der Waals surface area contributed by atoms with Crippen LogP contribution in [0, 0.1) is 13.8 Å². The van der Waals surface area contributed by atoms with Gasteiger partial charge >= 0.3 is 0 Å². The molecule has 38 heavy (non-hydrogen) atoms. The summed E-state index contributed by atoms with van der Waals surface area (Å²) >= 11 is 0. The quantitative estimate of drug-likeness (QED) is 0.247. The minimum Gasteiger partial charge on any atom is -0.500 e. The van der Waals surface area contributed by atoms with E-state index in [4.69, 9.17) is 4.74 Å². The zero-order valence-electron chi connectivity index (χ0n) is 23.8. The SMILES string of the molecule is C1CCCC1.COC1=C(c2cc(C(=O)CCC/C=C3/Nc4ccc(C)cc4N3C)cc(C)n2)C=[N+](C)CC1. The van der Waals surface area contributed by atoms with Crippen LogP contribution in [0.25, 0.3) is 5.57 Å². The molecule has 202 valence electrons. The number of nitrogens with one attached hydrogen (secondary N) is 1. The summed E-state index contributed by atoms with van der Waals surface area (Å²) in [6, 6.07) is 10.2. The number of fused-ring (bicyclic) bond motifs is 1. The summed E-state index contributed by atoms with van der Waals surface area (Å²) in [7, 11) is 5.81. The number of aryl methyl sites for hydroxylation is 2. The van der Waals surface area contributed by atoms with Crippen molar-refractivity contribution in [2.24, 2.45) is 0 Å².